The predicted octanol–water partition coefficient (Wildman–Crippen LogP) is 4.17. The van der Waals surface area contributed by atoms with Crippen LogP contribution in [0.25, 0.3) is 21.8 Å². The van der Waals surface area contributed by atoms with E-state index in [2.05, 4.69) is 32.6 Å². The number of ether oxygens (including phenoxy) is 1. The van der Waals surface area contributed by atoms with Crippen molar-refractivity contribution < 1.29 is 4.74 Å². The Kier molecular flexibility index (Phi) is 3.59. The molecular weight excluding hydrogens is 300 g/mol. The molecule has 0 aliphatic rings. The van der Waals surface area contributed by atoms with Gasteiger partial charge in [0.2, 0.25) is 5.95 Å². The average Bonchev–Trinajstić information content (AvgIpc) is 3.04. The van der Waals surface area contributed by atoms with E-state index in [-0.39, 0.29) is 0 Å². The van der Waals surface area contributed by atoms with Gasteiger partial charge in [-0.25, -0.2) is 10.4 Å². The number of nitrogens with one attached hydrogen (secondary N) is 2. The number of hydrogen-bond donors (Lipinski definition) is 2. The van der Waals surface area contributed by atoms with Crippen LogP contribution in [-0.4, -0.2) is 23.3 Å². The van der Waals surface area contributed by atoms with Crippen LogP contribution in [0.15, 0.2) is 65.8 Å². The summed E-state index contributed by atoms with van der Waals surface area (Å²) in [6.07, 6.45) is 1.76. The normalized spacial score (nSPS) is 11.4. The van der Waals surface area contributed by atoms with Gasteiger partial charge in [0, 0.05) is 5.56 Å². The zero-order chi connectivity index (χ0) is 16.4. The molecule has 5 heteroatoms. The number of imidazole rings is 1. The molecular formula is C19H16N4O. The Morgan fingerprint density at radius 1 is 1.04 bits per heavy atom. The van der Waals surface area contributed by atoms with Gasteiger partial charge >= 0.3 is 0 Å². The van der Waals surface area contributed by atoms with Crippen molar-refractivity contribution >= 4 is 34.0 Å². The molecule has 0 bridgehead atoms. The first-order chi connectivity index (χ1) is 11.8. The standard InChI is InChI=1S/C19H16N4O/c1-24-18-11-10-13-6-2-3-7-14(13)15(18)12-20-23-19-21-16-8-4-5-9-17(16)22-19/h2-12H,1H3,(H2,21,22,23)/b20-12+. The Morgan fingerprint density at radius 3 is 2.75 bits per heavy atom. The van der Waals surface area contributed by atoms with E-state index in [1.54, 1.807) is 13.3 Å². The van der Waals surface area contributed by atoms with Gasteiger partial charge in [0.05, 0.1) is 24.4 Å². The zero-order valence-corrected chi connectivity index (χ0v) is 13.2. The Labute approximate surface area is 139 Å². The van der Waals surface area contributed by atoms with Gasteiger partial charge in [-0.1, -0.05) is 42.5 Å². The predicted molar refractivity (Wildman–Crippen MR) is 97.8 cm³/mol. The fourth-order valence-electron chi connectivity index (χ4n) is 2.75. The lowest BCUT2D eigenvalue weighted by molar-refractivity contribution is 0.415. The lowest BCUT2D eigenvalue weighted by Gasteiger charge is -2.08. The highest BCUT2D eigenvalue weighted by atomic mass is 16.5. The summed E-state index contributed by atoms with van der Waals surface area (Å²) in [6.45, 7) is 0. The first-order valence-electron chi connectivity index (χ1n) is 7.65. The Morgan fingerprint density at radius 2 is 1.88 bits per heavy atom. The second kappa shape index (κ2) is 6.04. The molecule has 0 atom stereocenters. The molecule has 24 heavy (non-hydrogen) atoms. The average molecular weight is 316 g/mol. The van der Waals surface area contributed by atoms with E-state index >= 15 is 0 Å². The number of rotatable bonds is 4. The largest absolute Gasteiger partial charge is 0.496 e. The van der Waals surface area contributed by atoms with E-state index in [1.807, 2.05) is 48.5 Å². The Balaban J connectivity index is 1.66. The van der Waals surface area contributed by atoms with Crippen molar-refractivity contribution in [1.82, 2.24) is 9.97 Å². The maximum Gasteiger partial charge on any atom is 0.222 e. The zero-order valence-electron chi connectivity index (χ0n) is 13.2. The molecule has 118 valence electrons. The molecule has 0 fully saturated rings. The molecule has 3 aromatic carbocycles. The maximum atomic E-state index is 5.46. The molecule has 1 aromatic heterocycles. The molecule has 0 saturated carbocycles. The molecule has 0 radical (unpaired) electrons. The van der Waals surface area contributed by atoms with E-state index in [9.17, 15) is 0 Å². The third kappa shape index (κ3) is 2.56. The van der Waals surface area contributed by atoms with Gasteiger partial charge in [-0.3, -0.25) is 0 Å². The molecule has 2 N–H and O–H groups in total. The Hall–Kier alpha value is -3.34. The third-order valence-corrected chi connectivity index (χ3v) is 3.90. The molecule has 0 saturated heterocycles. The summed E-state index contributed by atoms with van der Waals surface area (Å²) in [6, 6.07) is 20.0. The number of aromatic amines is 1. The van der Waals surface area contributed by atoms with Crippen LogP contribution in [0.5, 0.6) is 5.75 Å². The summed E-state index contributed by atoms with van der Waals surface area (Å²) >= 11 is 0. The minimum absolute atomic E-state index is 0.603. The van der Waals surface area contributed by atoms with Crippen LogP contribution in [0.2, 0.25) is 0 Å². The van der Waals surface area contributed by atoms with Gasteiger partial charge in [-0.2, -0.15) is 5.10 Å². The second-order valence-corrected chi connectivity index (χ2v) is 5.38. The fourth-order valence-corrected chi connectivity index (χ4v) is 2.75. The van der Waals surface area contributed by atoms with E-state index in [0.717, 1.165) is 33.1 Å². The lowest BCUT2D eigenvalue weighted by atomic mass is 10.0. The monoisotopic (exact) mass is 316 g/mol. The first kappa shape index (κ1) is 14.3. The van der Waals surface area contributed by atoms with Crippen molar-refractivity contribution in [2.24, 2.45) is 5.10 Å². The van der Waals surface area contributed by atoms with E-state index in [1.165, 1.54) is 0 Å². The first-order valence-corrected chi connectivity index (χ1v) is 7.65. The van der Waals surface area contributed by atoms with Gasteiger partial charge < -0.3 is 9.72 Å². The quantitative estimate of drug-likeness (QED) is 0.439. The number of hydrogen-bond acceptors (Lipinski definition) is 4. The van der Waals surface area contributed by atoms with Crippen molar-refractivity contribution in [1.29, 1.82) is 0 Å². The summed E-state index contributed by atoms with van der Waals surface area (Å²) < 4.78 is 5.46. The van der Waals surface area contributed by atoms with Crippen LogP contribution >= 0.6 is 0 Å². The molecule has 5 nitrogen and oxygen atoms in total. The second-order valence-electron chi connectivity index (χ2n) is 5.38. The summed E-state index contributed by atoms with van der Waals surface area (Å²) in [5.74, 6) is 1.38. The summed E-state index contributed by atoms with van der Waals surface area (Å²) in [7, 11) is 1.66. The van der Waals surface area contributed by atoms with E-state index in [4.69, 9.17) is 4.74 Å². The minimum atomic E-state index is 0.603. The Bertz CT molecular complexity index is 1000. The summed E-state index contributed by atoms with van der Waals surface area (Å²) in [5, 5.41) is 6.55. The fraction of sp³-hybridized carbons (Fsp3) is 0.0526. The van der Waals surface area contributed by atoms with Crippen molar-refractivity contribution in [3.8, 4) is 5.75 Å². The lowest BCUT2D eigenvalue weighted by Crippen LogP contribution is -1.96. The number of para-hydroxylation sites is 2. The number of anilines is 1. The molecule has 4 rings (SSSR count). The highest BCUT2D eigenvalue weighted by Crippen LogP contribution is 2.26. The number of nitrogens with zero attached hydrogens (tertiary/aromatic N) is 2. The number of methoxy groups -OCH3 is 1. The van der Waals surface area contributed by atoms with Gasteiger partial charge in [0.25, 0.3) is 0 Å². The van der Waals surface area contributed by atoms with Crippen molar-refractivity contribution in [2.75, 3.05) is 12.5 Å². The molecule has 0 spiro atoms. The molecule has 1 heterocycles. The van der Waals surface area contributed by atoms with Crippen LogP contribution in [-0.2, 0) is 0 Å². The van der Waals surface area contributed by atoms with Crippen LogP contribution in [0.4, 0.5) is 5.95 Å². The minimum Gasteiger partial charge on any atom is -0.496 e. The van der Waals surface area contributed by atoms with E-state index < -0.39 is 0 Å². The van der Waals surface area contributed by atoms with Crippen LogP contribution in [0.1, 0.15) is 5.56 Å². The smallest absolute Gasteiger partial charge is 0.222 e. The molecule has 4 aromatic rings. The number of fused-ring (bicyclic) bond motifs is 2. The van der Waals surface area contributed by atoms with Gasteiger partial charge in [-0.05, 0) is 29.0 Å². The van der Waals surface area contributed by atoms with Crippen molar-refractivity contribution in [2.45, 2.75) is 0 Å². The van der Waals surface area contributed by atoms with Gasteiger partial charge in [-0.15, -0.1) is 0 Å². The third-order valence-electron chi connectivity index (χ3n) is 3.90. The number of hydrazone groups is 1. The number of H-pyrrole nitrogens is 1. The van der Waals surface area contributed by atoms with E-state index in [0.29, 0.717) is 5.95 Å². The SMILES string of the molecule is COc1ccc2ccccc2c1/C=N/Nc1nc2ccccc2[nH]1. The highest BCUT2D eigenvalue weighted by molar-refractivity contribution is 6.02. The number of aromatic nitrogens is 2. The molecule has 0 amide bonds. The molecule has 0 aliphatic carbocycles. The topological polar surface area (TPSA) is 62.3 Å². The maximum absolute atomic E-state index is 5.46. The molecule has 0 aliphatic heterocycles. The van der Waals surface area contributed by atoms with Crippen LogP contribution in [0.3, 0.4) is 0 Å². The van der Waals surface area contributed by atoms with Gasteiger partial charge in [0.1, 0.15) is 5.75 Å². The highest BCUT2D eigenvalue weighted by Gasteiger charge is 2.06. The van der Waals surface area contributed by atoms with Crippen molar-refractivity contribution in [3.63, 3.8) is 0 Å². The van der Waals surface area contributed by atoms with Crippen molar-refractivity contribution in [3.05, 3.63) is 66.2 Å². The van der Waals surface area contributed by atoms with Crippen LogP contribution in [0, 0.1) is 0 Å². The number of benzene rings is 3. The van der Waals surface area contributed by atoms with Crippen LogP contribution < -0.4 is 10.2 Å². The van der Waals surface area contributed by atoms with Gasteiger partial charge in [0.15, 0.2) is 0 Å². The molecule has 0 unspecified atom stereocenters. The summed E-state index contributed by atoms with van der Waals surface area (Å²) in [5.41, 5.74) is 5.75. The summed E-state index contributed by atoms with van der Waals surface area (Å²) in [4.78, 5) is 7.62.